The summed E-state index contributed by atoms with van der Waals surface area (Å²) in [7, 11) is 0. The fraction of sp³-hybridized carbons (Fsp3) is 0.286. The molecule has 3 aliphatic heterocycles. The first-order valence-corrected chi connectivity index (χ1v) is 23.1. The van der Waals surface area contributed by atoms with Crippen LogP contribution in [0.2, 0.25) is 0 Å². The summed E-state index contributed by atoms with van der Waals surface area (Å²) in [6.07, 6.45) is 4.94. The molecule has 2 unspecified atom stereocenters. The highest BCUT2D eigenvalue weighted by Crippen LogP contribution is 2.64. The third kappa shape index (κ3) is 4.77. The lowest BCUT2D eigenvalue weighted by Crippen LogP contribution is -2.70. The van der Waals surface area contributed by atoms with Gasteiger partial charge < -0.3 is 9.71 Å². The summed E-state index contributed by atoms with van der Waals surface area (Å²) in [5, 5.41) is 5.38. The van der Waals surface area contributed by atoms with E-state index in [2.05, 4.69) is 192 Å². The van der Waals surface area contributed by atoms with Gasteiger partial charge in [0, 0.05) is 59.3 Å². The van der Waals surface area contributed by atoms with Crippen molar-refractivity contribution in [3.63, 3.8) is 0 Å². The lowest BCUT2D eigenvalue weighted by Gasteiger charge is -2.55. The third-order valence-electron chi connectivity index (χ3n) is 15.5. The Morgan fingerprint density at radius 1 is 0.583 bits per heavy atom. The fourth-order valence-corrected chi connectivity index (χ4v) is 13.2. The van der Waals surface area contributed by atoms with Crippen molar-refractivity contribution >= 4 is 82.8 Å². The summed E-state index contributed by atoms with van der Waals surface area (Å²) in [4.78, 5) is 5.69. The van der Waals surface area contributed by atoms with Crippen LogP contribution < -0.4 is 20.6 Å². The molecular formula is C56H53BN2S. The van der Waals surface area contributed by atoms with Crippen LogP contribution in [0.5, 0.6) is 0 Å². The molecule has 4 heterocycles. The van der Waals surface area contributed by atoms with Gasteiger partial charge in [-0.2, -0.15) is 0 Å². The summed E-state index contributed by atoms with van der Waals surface area (Å²) >= 11 is 1.93. The maximum atomic E-state index is 3.00. The molecule has 2 nitrogen and oxygen atoms in total. The normalized spacial score (nSPS) is 20.4. The number of nitrogens with zero attached hydrogens (tertiary/aromatic N) is 2. The van der Waals surface area contributed by atoms with Gasteiger partial charge in [-0.15, -0.1) is 11.3 Å². The summed E-state index contributed by atoms with van der Waals surface area (Å²) in [5.41, 5.74) is 17.9. The van der Waals surface area contributed by atoms with E-state index in [0.717, 1.165) is 0 Å². The third-order valence-corrected chi connectivity index (χ3v) is 16.6. The largest absolute Gasteiger partial charge is 0.400 e. The molecule has 0 bridgehead atoms. The molecule has 8 aromatic rings. The summed E-state index contributed by atoms with van der Waals surface area (Å²) in [6.45, 7) is 19.5. The van der Waals surface area contributed by atoms with Crippen LogP contribution in [0.15, 0.2) is 127 Å². The van der Waals surface area contributed by atoms with Crippen molar-refractivity contribution in [2.45, 2.75) is 103 Å². The maximum Gasteiger partial charge on any atom is 0.328 e. The van der Waals surface area contributed by atoms with Gasteiger partial charge in [0.1, 0.15) is 0 Å². The minimum Gasteiger partial charge on any atom is -0.400 e. The first-order valence-electron chi connectivity index (χ1n) is 22.3. The monoisotopic (exact) mass is 796 g/mol. The molecule has 1 aromatic heterocycles. The Balaban J connectivity index is 1.28. The van der Waals surface area contributed by atoms with Crippen molar-refractivity contribution in [2.24, 2.45) is 0 Å². The van der Waals surface area contributed by atoms with E-state index in [4.69, 9.17) is 0 Å². The summed E-state index contributed by atoms with van der Waals surface area (Å²) in [5.74, 6) is 0. The average molecular weight is 797 g/mol. The molecule has 0 saturated heterocycles. The van der Waals surface area contributed by atoms with E-state index < -0.39 is 0 Å². The van der Waals surface area contributed by atoms with Gasteiger partial charge in [-0.05, 0) is 117 Å². The van der Waals surface area contributed by atoms with Gasteiger partial charge in [-0.3, -0.25) is 0 Å². The van der Waals surface area contributed by atoms with Gasteiger partial charge in [-0.25, -0.2) is 0 Å². The molecule has 1 saturated carbocycles. The van der Waals surface area contributed by atoms with Crippen molar-refractivity contribution in [1.29, 1.82) is 0 Å². The Kier molecular flexibility index (Phi) is 7.41. The second-order valence-electron chi connectivity index (χ2n) is 20.8. The molecule has 60 heavy (non-hydrogen) atoms. The van der Waals surface area contributed by atoms with Gasteiger partial charge >= 0.3 is 6.85 Å². The molecular weight excluding hydrogens is 744 g/mol. The first kappa shape index (κ1) is 36.5. The zero-order chi connectivity index (χ0) is 41.1. The van der Waals surface area contributed by atoms with E-state index in [1.165, 1.54) is 124 Å². The van der Waals surface area contributed by atoms with Crippen LogP contribution in [-0.4, -0.2) is 12.4 Å². The number of anilines is 4. The minimum atomic E-state index is -0.0568. The predicted molar refractivity (Wildman–Crippen MR) is 262 cm³/mol. The van der Waals surface area contributed by atoms with Gasteiger partial charge in [0.25, 0.3) is 0 Å². The Labute approximate surface area is 360 Å². The highest BCUT2D eigenvalue weighted by molar-refractivity contribution is 7.26. The van der Waals surface area contributed by atoms with Gasteiger partial charge in [0.15, 0.2) is 0 Å². The first-order chi connectivity index (χ1) is 28.8. The van der Waals surface area contributed by atoms with Crippen LogP contribution >= 0.6 is 11.3 Å². The zero-order valence-electron chi connectivity index (χ0n) is 36.3. The number of rotatable bonds is 2. The van der Waals surface area contributed by atoms with E-state index in [9.17, 15) is 0 Å². The quantitative estimate of drug-likeness (QED) is 0.161. The second kappa shape index (κ2) is 12.2. The van der Waals surface area contributed by atoms with Crippen molar-refractivity contribution in [2.75, 3.05) is 9.71 Å². The molecule has 0 amide bonds. The Hall–Kier alpha value is -5.32. The van der Waals surface area contributed by atoms with Gasteiger partial charge in [0.05, 0.1) is 5.69 Å². The summed E-state index contributed by atoms with van der Waals surface area (Å²) in [6, 6.07) is 49.7. The molecule has 2 atom stereocenters. The van der Waals surface area contributed by atoms with E-state index in [1.54, 1.807) is 5.56 Å². The minimum absolute atomic E-state index is 0.00232. The zero-order valence-corrected chi connectivity index (χ0v) is 37.1. The number of fused-ring (bicyclic) bond motifs is 12. The van der Waals surface area contributed by atoms with Crippen LogP contribution in [0.1, 0.15) is 97.8 Å². The summed E-state index contributed by atoms with van der Waals surface area (Å²) < 4.78 is 2.70. The number of thiophene rings is 1. The lowest BCUT2D eigenvalue weighted by molar-refractivity contribution is 0.199. The van der Waals surface area contributed by atoms with Gasteiger partial charge in [-0.1, -0.05) is 152 Å². The smallest absolute Gasteiger partial charge is 0.328 e. The van der Waals surface area contributed by atoms with Crippen LogP contribution in [0, 0.1) is 0 Å². The van der Waals surface area contributed by atoms with Crippen LogP contribution in [0.3, 0.4) is 0 Å². The van der Waals surface area contributed by atoms with E-state index in [0.29, 0.717) is 0 Å². The van der Waals surface area contributed by atoms with Crippen molar-refractivity contribution < 1.29 is 0 Å². The molecule has 12 rings (SSSR count). The molecule has 7 aromatic carbocycles. The standard InChI is InChI=1S/C56H53BN2S/c1-53(2,3)36-24-25-45(40(29-36)34-18-10-9-11-19-34)58-46-33-49-41(39-22-14-15-23-48(39)60-49)32-44(46)57-51-47(58)28-35-20-12-13-21-38(35)50(51)42-30-37(54(4,5)6)31-43-52(42)59(57)56(8)27-17-16-26-55(43,56)7/h9-15,18-25,28-33H,16-17,26-27H2,1-8H3. The van der Waals surface area contributed by atoms with Crippen LogP contribution in [-0.2, 0) is 16.2 Å². The van der Waals surface area contributed by atoms with Crippen LogP contribution in [0.25, 0.3) is 53.2 Å². The van der Waals surface area contributed by atoms with Gasteiger partial charge in [0.2, 0.25) is 0 Å². The number of hydrogen-bond acceptors (Lipinski definition) is 3. The van der Waals surface area contributed by atoms with E-state index in [1.807, 2.05) is 11.3 Å². The Morgan fingerprint density at radius 3 is 2.07 bits per heavy atom. The number of hydrogen-bond donors (Lipinski definition) is 0. The topological polar surface area (TPSA) is 6.48 Å². The predicted octanol–water partition coefficient (Wildman–Crippen LogP) is 14.4. The molecule has 1 aliphatic carbocycles. The highest BCUT2D eigenvalue weighted by atomic mass is 32.1. The van der Waals surface area contributed by atoms with Crippen molar-refractivity contribution in [1.82, 2.24) is 0 Å². The fourth-order valence-electron chi connectivity index (χ4n) is 12.1. The van der Waals surface area contributed by atoms with E-state index in [-0.39, 0.29) is 28.6 Å². The molecule has 296 valence electrons. The van der Waals surface area contributed by atoms with Crippen molar-refractivity contribution in [3.05, 3.63) is 144 Å². The molecule has 0 spiro atoms. The SMILES string of the molecule is CC(C)(C)c1ccc(N2c3cc4sc5ccccc5c4cc3B3c4c2cc2ccccc2c4-c2cc(C(C)(C)C)cc4c2N3C2(C)CCCCC42C)c(-c2ccccc2)c1. The van der Waals surface area contributed by atoms with Crippen molar-refractivity contribution in [3.8, 4) is 22.3 Å². The lowest BCUT2D eigenvalue weighted by atomic mass is 9.42. The molecule has 1 fully saturated rings. The molecule has 0 N–H and O–H groups in total. The van der Waals surface area contributed by atoms with E-state index >= 15 is 0 Å². The maximum absolute atomic E-state index is 3.00. The molecule has 4 heteroatoms. The Bertz CT molecular complexity index is 3130. The van der Waals surface area contributed by atoms with Crippen LogP contribution in [0.4, 0.5) is 22.7 Å². The molecule has 0 radical (unpaired) electrons. The second-order valence-corrected chi connectivity index (χ2v) is 21.9. The highest BCUT2D eigenvalue weighted by Gasteiger charge is 2.63. The average Bonchev–Trinajstić information content (AvgIpc) is 3.70. The number of benzene rings is 7. The Morgan fingerprint density at radius 2 is 1.28 bits per heavy atom. The molecule has 4 aliphatic rings.